The SMILES string of the molecule is COC(=O)CC1CC2=C(C(=O)c3c(O)c4c(c(O)c3C2=O)C2CC(O)C4(O)C(C)O2)C(C)O1. The van der Waals surface area contributed by atoms with Gasteiger partial charge in [-0.25, -0.2) is 0 Å². The second kappa shape index (κ2) is 7.10. The zero-order chi connectivity index (χ0) is 24.0. The molecule has 176 valence electrons. The maximum Gasteiger partial charge on any atom is 0.308 e. The molecule has 0 aromatic heterocycles. The van der Waals surface area contributed by atoms with Crippen molar-refractivity contribution >= 4 is 17.5 Å². The maximum absolute atomic E-state index is 13.5. The van der Waals surface area contributed by atoms with Crippen LogP contribution in [0.1, 0.15) is 71.1 Å². The second-order valence-corrected chi connectivity index (χ2v) is 9.01. The predicted molar refractivity (Wildman–Crippen MR) is 109 cm³/mol. The lowest BCUT2D eigenvalue weighted by Gasteiger charge is -2.52. The number of aromatic hydroxyl groups is 2. The van der Waals surface area contributed by atoms with E-state index in [4.69, 9.17) is 9.47 Å². The van der Waals surface area contributed by atoms with E-state index in [2.05, 4.69) is 4.74 Å². The summed E-state index contributed by atoms with van der Waals surface area (Å²) in [6, 6.07) is 0. The highest BCUT2D eigenvalue weighted by Gasteiger charge is 2.59. The van der Waals surface area contributed by atoms with E-state index in [1.165, 1.54) is 14.0 Å². The van der Waals surface area contributed by atoms with Crippen LogP contribution in [-0.2, 0) is 24.6 Å². The van der Waals surface area contributed by atoms with Crippen molar-refractivity contribution < 1.29 is 49.0 Å². The van der Waals surface area contributed by atoms with E-state index in [0.29, 0.717) is 0 Å². The molecule has 2 bridgehead atoms. The van der Waals surface area contributed by atoms with Crippen molar-refractivity contribution in [3.63, 3.8) is 0 Å². The van der Waals surface area contributed by atoms with E-state index in [-0.39, 0.29) is 47.1 Å². The van der Waals surface area contributed by atoms with Gasteiger partial charge in [0.25, 0.3) is 0 Å². The fraction of sp³-hybridized carbons (Fsp3) is 0.522. The number of ether oxygens (including phenoxy) is 3. The molecule has 0 amide bonds. The molecule has 6 rings (SSSR count). The van der Waals surface area contributed by atoms with Crippen LogP contribution in [0.15, 0.2) is 11.1 Å². The summed E-state index contributed by atoms with van der Waals surface area (Å²) < 4.78 is 16.1. The van der Waals surface area contributed by atoms with Crippen molar-refractivity contribution in [1.29, 1.82) is 0 Å². The van der Waals surface area contributed by atoms with Crippen LogP contribution in [0.3, 0.4) is 0 Å². The number of carbonyl (C=O) groups excluding carboxylic acids is 3. The third-order valence-electron chi connectivity index (χ3n) is 7.30. The number of esters is 1. The Morgan fingerprint density at radius 1 is 1.12 bits per heavy atom. The number of phenols is 2. The summed E-state index contributed by atoms with van der Waals surface area (Å²) in [7, 11) is 1.23. The number of phenolic OH excluding ortho intramolecular Hbond substituents is 2. The highest BCUT2D eigenvalue weighted by Crippen LogP contribution is 2.59. The molecule has 0 radical (unpaired) electrons. The van der Waals surface area contributed by atoms with E-state index in [1.807, 2.05) is 0 Å². The van der Waals surface area contributed by atoms with Crippen LogP contribution in [0.25, 0.3) is 0 Å². The highest BCUT2D eigenvalue weighted by atomic mass is 16.5. The molecular weight excluding hydrogens is 436 g/mol. The van der Waals surface area contributed by atoms with Crippen LogP contribution >= 0.6 is 0 Å². The van der Waals surface area contributed by atoms with E-state index in [0.717, 1.165) is 0 Å². The number of fused-ring (bicyclic) bond motifs is 3. The molecule has 33 heavy (non-hydrogen) atoms. The van der Waals surface area contributed by atoms with Gasteiger partial charge in [0.1, 0.15) is 17.1 Å². The lowest BCUT2D eigenvalue weighted by molar-refractivity contribution is -0.246. The van der Waals surface area contributed by atoms with E-state index in [9.17, 15) is 34.8 Å². The van der Waals surface area contributed by atoms with E-state index < -0.39 is 70.7 Å². The number of hydrogen-bond acceptors (Lipinski definition) is 10. The van der Waals surface area contributed by atoms with Crippen LogP contribution in [0.5, 0.6) is 11.5 Å². The van der Waals surface area contributed by atoms with Crippen molar-refractivity contribution in [2.24, 2.45) is 0 Å². The molecule has 1 aromatic rings. The number of carbonyl (C=O) groups is 3. The molecule has 6 atom stereocenters. The molecule has 4 N–H and O–H groups in total. The van der Waals surface area contributed by atoms with E-state index in [1.54, 1.807) is 6.92 Å². The van der Waals surface area contributed by atoms with E-state index >= 15 is 0 Å². The minimum absolute atomic E-state index is 0.00595. The minimum atomic E-state index is -2.07. The molecule has 6 unspecified atom stereocenters. The van der Waals surface area contributed by atoms with Crippen molar-refractivity contribution in [2.45, 2.75) is 69.2 Å². The molecular formula is C23H24O10. The Morgan fingerprint density at radius 2 is 1.79 bits per heavy atom. The molecule has 0 spiro atoms. The van der Waals surface area contributed by atoms with Gasteiger partial charge in [-0.15, -0.1) is 0 Å². The third-order valence-corrected chi connectivity index (χ3v) is 7.30. The van der Waals surface area contributed by atoms with Crippen LogP contribution < -0.4 is 0 Å². The van der Waals surface area contributed by atoms with Crippen molar-refractivity contribution in [1.82, 2.24) is 0 Å². The summed E-state index contributed by atoms with van der Waals surface area (Å²) >= 11 is 0. The predicted octanol–water partition coefficient (Wildman–Crippen LogP) is 0.926. The average Bonchev–Trinajstić information content (AvgIpc) is 2.75. The molecule has 5 aliphatic rings. The molecule has 2 aliphatic carbocycles. The number of Topliss-reactive ketones (excluding diaryl/α,β-unsaturated/α-hetero) is 2. The first-order chi connectivity index (χ1) is 15.5. The Balaban J connectivity index is 1.69. The fourth-order valence-electron chi connectivity index (χ4n) is 5.72. The number of aliphatic hydroxyl groups excluding tert-OH is 1. The second-order valence-electron chi connectivity index (χ2n) is 9.01. The standard InChI is InChI=1S/C23H24O10/c1-7-14-10(4-9(32-7)5-13(25)31-3)19(26)16-17(20(14)27)22(29)18-15(21(16)28)11-6-12(24)23(18,30)8(2)33-11/h7-9,11-12,24,28-30H,4-6H2,1-3H3. The lowest BCUT2D eigenvalue weighted by atomic mass is 9.66. The number of ketones is 2. The molecule has 10 nitrogen and oxygen atoms in total. The number of hydrogen-bond donors (Lipinski definition) is 4. The van der Waals surface area contributed by atoms with Gasteiger partial charge in [0.15, 0.2) is 11.6 Å². The van der Waals surface area contributed by atoms with Gasteiger partial charge in [-0.05, 0) is 13.8 Å². The summed E-state index contributed by atoms with van der Waals surface area (Å²) in [5.41, 5.74) is -2.95. The monoisotopic (exact) mass is 460 g/mol. The number of rotatable bonds is 2. The van der Waals surface area contributed by atoms with Gasteiger partial charge >= 0.3 is 5.97 Å². The van der Waals surface area contributed by atoms with Gasteiger partial charge in [0.2, 0.25) is 0 Å². The summed E-state index contributed by atoms with van der Waals surface area (Å²) in [4.78, 5) is 38.7. The molecule has 1 saturated heterocycles. The van der Waals surface area contributed by atoms with Gasteiger partial charge in [0, 0.05) is 35.1 Å². The molecule has 1 aromatic carbocycles. The van der Waals surface area contributed by atoms with Crippen molar-refractivity contribution in [2.75, 3.05) is 7.11 Å². The first kappa shape index (κ1) is 22.0. The topological polar surface area (TPSA) is 160 Å². The number of methoxy groups -OCH3 is 1. The van der Waals surface area contributed by atoms with Crippen molar-refractivity contribution in [3.05, 3.63) is 33.4 Å². The fourth-order valence-corrected chi connectivity index (χ4v) is 5.72. The van der Waals surface area contributed by atoms with Crippen LogP contribution in [0.2, 0.25) is 0 Å². The Kier molecular flexibility index (Phi) is 4.74. The quantitative estimate of drug-likeness (QED) is 0.369. The normalized spacial score (nSPS) is 34.6. The first-order valence-electron chi connectivity index (χ1n) is 10.7. The average molecular weight is 460 g/mol. The zero-order valence-electron chi connectivity index (χ0n) is 18.2. The third kappa shape index (κ3) is 2.72. The minimum Gasteiger partial charge on any atom is -0.507 e. The number of benzene rings is 1. The summed E-state index contributed by atoms with van der Waals surface area (Å²) in [6.45, 7) is 3.07. The number of aliphatic hydroxyl groups is 2. The molecule has 1 fully saturated rings. The van der Waals surface area contributed by atoms with Gasteiger partial charge in [-0.2, -0.15) is 0 Å². The molecule has 3 aliphatic heterocycles. The van der Waals surface area contributed by atoms with Crippen LogP contribution in [0.4, 0.5) is 0 Å². The Bertz CT molecular complexity index is 1140. The van der Waals surface area contributed by atoms with Crippen LogP contribution in [-0.4, -0.2) is 69.5 Å². The molecule has 0 saturated carbocycles. The smallest absolute Gasteiger partial charge is 0.308 e. The first-order valence-corrected chi connectivity index (χ1v) is 10.7. The summed E-state index contributed by atoms with van der Waals surface area (Å²) in [5, 5.41) is 44.1. The van der Waals surface area contributed by atoms with Gasteiger partial charge in [-0.3, -0.25) is 14.4 Å². The molecule has 3 heterocycles. The largest absolute Gasteiger partial charge is 0.507 e. The Morgan fingerprint density at radius 3 is 2.42 bits per heavy atom. The highest BCUT2D eigenvalue weighted by molar-refractivity contribution is 6.29. The summed E-state index contributed by atoms with van der Waals surface area (Å²) in [6.07, 6.45) is -4.89. The Labute approximate surface area is 188 Å². The zero-order valence-corrected chi connectivity index (χ0v) is 18.2. The van der Waals surface area contributed by atoms with Crippen molar-refractivity contribution in [3.8, 4) is 11.5 Å². The summed E-state index contributed by atoms with van der Waals surface area (Å²) in [5.74, 6) is -3.13. The van der Waals surface area contributed by atoms with Gasteiger partial charge in [0.05, 0.1) is 55.2 Å². The van der Waals surface area contributed by atoms with Crippen LogP contribution in [0, 0.1) is 0 Å². The van der Waals surface area contributed by atoms with Gasteiger partial charge in [-0.1, -0.05) is 0 Å². The maximum atomic E-state index is 13.5. The lowest BCUT2D eigenvalue weighted by Crippen LogP contribution is -2.58. The molecule has 10 heteroatoms. The Hall–Kier alpha value is -2.79. The van der Waals surface area contributed by atoms with Gasteiger partial charge < -0.3 is 34.6 Å².